The van der Waals surface area contributed by atoms with Crippen LogP contribution in [0.4, 0.5) is 5.69 Å². The highest BCUT2D eigenvalue weighted by molar-refractivity contribution is 9.11. The Labute approximate surface area is 94.6 Å². The van der Waals surface area contributed by atoms with Gasteiger partial charge in [0.05, 0.1) is 5.69 Å². The van der Waals surface area contributed by atoms with Gasteiger partial charge in [0.2, 0.25) is 0 Å². The summed E-state index contributed by atoms with van der Waals surface area (Å²) in [5.74, 6) is 0. The zero-order valence-corrected chi connectivity index (χ0v) is 10.2. The molecule has 0 amide bonds. The maximum atomic E-state index is 8.62. The number of benzene rings is 1. The first-order valence-electron chi connectivity index (χ1n) is 4.04. The molecule has 0 atom stereocenters. The van der Waals surface area contributed by atoms with Crippen molar-refractivity contribution in [1.29, 1.82) is 0 Å². The molecule has 1 rings (SSSR count). The Kier molecular flexibility index (Phi) is 4.77. The number of hydrogen-bond acceptors (Lipinski definition) is 2. The highest BCUT2D eigenvalue weighted by atomic mass is 79.9. The molecule has 0 saturated heterocycles. The van der Waals surface area contributed by atoms with Gasteiger partial charge in [-0.2, -0.15) is 0 Å². The van der Waals surface area contributed by atoms with Crippen molar-refractivity contribution in [2.75, 3.05) is 18.5 Å². The zero-order valence-electron chi connectivity index (χ0n) is 7.06. The van der Waals surface area contributed by atoms with Crippen LogP contribution >= 0.6 is 31.9 Å². The first-order valence-corrected chi connectivity index (χ1v) is 5.63. The van der Waals surface area contributed by atoms with Gasteiger partial charge in [-0.25, -0.2) is 0 Å². The fourth-order valence-corrected chi connectivity index (χ4v) is 2.24. The molecule has 4 heteroatoms. The second-order valence-corrected chi connectivity index (χ2v) is 4.31. The largest absolute Gasteiger partial charge is 0.396 e. The molecule has 0 aliphatic rings. The van der Waals surface area contributed by atoms with Crippen molar-refractivity contribution in [3.8, 4) is 0 Å². The Balaban J connectivity index is 2.64. The summed E-state index contributed by atoms with van der Waals surface area (Å²) in [4.78, 5) is 0. The molecule has 0 bridgehead atoms. The third kappa shape index (κ3) is 3.29. The van der Waals surface area contributed by atoms with Crippen LogP contribution in [0.5, 0.6) is 0 Å². The normalized spacial score (nSPS) is 10.1. The van der Waals surface area contributed by atoms with E-state index in [2.05, 4.69) is 37.2 Å². The van der Waals surface area contributed by atoms with E-state index in [1.165, 1.54) is 0 Å². The van der Waals surface area contributed by atoms with E-state index in [1.54, 1.807) is 0 Å². The first-order chi connectivity index (χ1) is 6.25. The standard InChI is InChI=1S/C9H11Br2NO/c10-7-3-1-4-8(11)9(7)12-5-2-6-13/h1,3-4,12-13H,2,5-6H2. The van der Waals surface area contributed by atoms with Crippen LogP contribution in [-0.2, 0) is 0 Å². The van der Waals surface area contributed by atoms with E-state index in [1.807, 2.05) is 18.2 Å². The van der Waals surface area contributed by atoms with E-state index >= 15 is 0 Å². The second-order valence-electron chi connectivity index (χ2n) is 2.60. The lowest BCUT2D eigenvalue weighted by Gasteiger charge is -2.09. The number of aliphatic hydroxyl groups is 1. The van der Waals surface area contributed by atoms with Crippen molar-refractivity contribution in [3.05, 3.63) is 27.1 Å². The van der Waals surface area contributed by atoms with Gasteiger partial charge < -0.3 is 10.4 Å². The lowest BCUT2D eigenvalue weighted by Crippen LogP contribution is -2.04. The van der Waals surface area contributed by atoms with Crippen molar-refractivity contribution >= 4 is 37.5 Å². The lowest BCUT2D eigenvalue weighted by molar-refractivity contribution is 0.292. The summed E-state index contributed by atoms with van der Waals surface area (Å²) in [6.45, 7) is 0.993. The number of nitrogens with one attached hydrogen (secondary N) is 1. The molecule has 0 aliphatic carbocycles. The predicted octanol–water partition coefficient (Wildman–Crippen LogP) is 3.01. The van der Waals surface area contributed by atoms with Gasteiger partial charge in [-0.3, -0.25) is 0 Å². The van der Waals surface area contributed by atoms with Gasteiger partial charge in [0.25, 0.3) is 0 Å². The second kappa shape index (κ2) is 5.62. The molecule has 0 fully saturated rings. The minimum atomic E-state index is 0.217. The van der Waals surface area contributed by atoms with E-state index in [0.29, 0.717) is 0 Å². The Morgan fingerprint density at radius 2 is 1.85 bits per heavy atom. The smallest absolute Gasteiger partial charge is 0.0629 e. The van der Waals surface area contributed by atoms with Gasteiger partial charge in [-0.05, 0) is 50.4 Å². The Hall–Kier alpha value is -0.0600. The summed E-state index contributed by atoms with van der Waals surface area (Å²) < 4.78 is 2.06. The summed E-state index contributed by atoms with van der Waals surface area (Å²) in [6, 6.07) is 5.92. The van der Waals surface area contributed by atoms with Crippen LogP contribution in [0, 0.1) is 0 Å². The fraction of sp³-hybridized carbons (Fsp3) is 0.333. The van der Waals surface area contributed by atoms with Crippen LogP contribution in [0.1, 0.15) is 6.42 Å². The molecular weight excluding hydrogens is 298 g/mol. The molecule has 72 valence electrons. The highest BCUT2D eigenvalue weighted by Crippen LogP contribution is 2.30. The maximum absolute atomic E-state index is 8.62. The molecule has 0 aromatic heterocycles. The average Bonchev–Trinajstić information content (AvgIpc) is 2.10. The summed E-state index contributed by atoms with van der Waals surface area (Å²) in [6.07, 6.45) is 0.758. The third-order valence-corrected chi connectivity index (χ3v) is 2.92. The molecule has 0 saturated carbocycles. The number of aliphatic hydroxyl groups excluding tert-OH is 1. The number of hydrogen-bond donors (Lipinski definition) is 2. The van der Waals surface area contributed by atoms with Crippen molar-refractivity contribution in [1.82, 2.24) is 0 Å². The van der Waals surface area contributed by atoms with Crippen LogP contribution in [0.15, 0.2) is 27.1 Å². The zero-order chi connectivity index (χ0) is 9.68. The molecule has 0 aliphatic heterocycles. The molecule has 1 aromatic carbocycles. The minimum Gasteiger partial charge on any atom is -0.396 e. The number of halogens is 2. The molecule has 1 aromatic rings. The molecule has 0 unspecified atom stereocenters. The van der Waals surface area contributed by atoms with Gasteiger partial charge >= 0.3 is 0 Å². The minimum absolute atomic E-state index is 0.217. The van der Waals surface area contributed by atoms with Crippen molar-refractivity contribution in [2.24, 2.45) is 0 Å². The van der Waals surface area contributed by atoms with E-state index in [0.717, 1.165) is 27.6 Å². The van der Waals surface area contributed by atoms with Crippen LogP contribution in [0.2, 0.25) is 0 Å². The maximum Gasteiger partial charge on any atom is 0.0629 e. The number of para-hydroxylation sites is 1. The fourth-order valence-electron chi connectivity index (χ4n) is 0.959. The van der Waals surface area contributed by atoms with Crippen LogP contribution < -0.4 is 5.32 Å². The monoisotopic (exact) mass is 307 g/mol. The number of anilines is 1. The highest BCUT2D eigenvalue weighted by Gasteiger charge is 2.02. The van der Waals surface area contributed by atoms with Gasteiger partial charge in [-0.15, -0.1) is 0 Å². The SMILES string of the molecule is OCCCNc1c(Br)cccc1Br. The van der Waals surface area contributed by atoms with Crippen LogP contribution in [-0.4, -0.2) is 18.3 Å². The molecule has 0 radical (unpaired) electrons. The van der Waals surface area contributed by atoms with Crippen molar-refractivity contribution in [2.45, 2.75) is 6.42 Å². The van der Waals surface area contributed by atoms with E-state index in [9.17, 15) is 0 Å². The molecule has 2 N–H and O–H groups in total. The summed E-state index contributed by atoms with van der Waals surface area (Å²) in [5.41, 5.74) is 1.04. The van der Waals surface area contributed by atoms with Crippen LogP contribution in [0.3, 0.4) is 0 Å². The van der Waals surface area contributed by atoms with Gasteiger partial charge in [-0.1, -0.05) is 6.07 Å². The van der Waals surface area contributed by atoms with Crippen molar-refractivity contribution in [3.63, 3.8) is 0 Å². The van der Waals surface area contributed by atoms with Crippen molar-refractivity contribution < 1.29 is 5.11 Å². The molecule has 0 spiro atoms. The van der Waals surface area contributed by atoms with E-state index in [4.69, 9.17) is 5.11 Å². The number of rotatable bonds is 4. The quantitative estimate of drug-likeness (QED) is 0.838. The third-order valence-electron chi connectivity index (χ3n) is 1.60. The first kappa shape index (κ1) is 11.0. The topological polar surface area (TPSA) is 32.3 Å². The van der Waals surface area contributed by atoms with E-state index in [-0.39, 0.29) is 6.61 Å². The van der Waals surface area contributed by atoms with Crippen LogP contribution in [0.25, 0.3) is 0 Å². The van der Waals surface area contributed by atoms with Gasteiger partial charge in [0.1, 0.15) is 0 Å². The predicted molar refractivity (Wildman–Crippen MR) is 62.0 cm³/mol. The average molecular weight is 309 g/mol. The summed E-state index contributed by atoms with van der Waals surface area (Å²) >= 11 is 6.89. The summed E-state index contributed by atoms with van der Waals surface area (Å²) in [5, 5.41) is 11.8. The molecule has 0 heterocycles. The van der Waals surface area contributed by atoms with Gasteiger partial charge in [0, 0.05) is 22.1 Å². The molecule has 13 heavy (non-hydrogen) atoms. The molecular formula is C9H11Br2NO. The Morgan fingerprint density at radius 3 is 2.38 bits per heavy atom. The van der Waals surface area contributed by atoms with Gasteiger partial charge in [0.15, 0.2) is 0 Å². The summed E-state index contributed by atoms with van der Waals surface area (Å²) in [7, 11) is 0. The Bertz CT molecular complexity index is 258. The Morgan fingerprint density at radius 1 is 1.23 bits per heavy atom. The lowest BCUT2D eigenvalue weighted by atomic mass is 10.3. The molecule has 2 nitrogen and oxygen atoms in total. The van der Waals surface area contributed by atoms with E-state index < -0.39 is 0 Å².